The standard InChI is InChI=1S/C56H70N12O8S2/c1-35(57-3)53(69)61-43(55(71)65-29-25-47-49(65)41(31-67(47)77(5,73)74)45-33-63-27-15-21-39(51(63)59-45)37-17-9-7-10-18-37)23-13-14-24-44(62-54(70)36(2)58-4)56(72)66-30-26-48-50(66)42(32-68(48)78(6,75)76)46-34-64-28-16-22-40(52(64)60-46)38-19-11-8-12-20-38/h7-12,15-22,27-28,33-36,41-44,47-50,57-58H,13-14,23-26,29-32H2,1-6H3,(H,61,69)(H,62,70)/t35-,36-,41+,42+,43-,44-,47+,48+,49+,50+/m0/s1. The van der Waals surface area contributed by atoms with Crippen LogP contribution < -0.4 is 21.3 Å². The highest BCUT2D eigenvalue weighted by atomic mass is 32.2. The van der Waals surface area contributed by atoms with E-state index in [2.05, 4.69) is 21.3 Å². The summed E-state index contributed by atoms with van der Waals surface area (Å²) in [5.74, 6) is -2.41. The number of hydrogen-bond donors (Lipinski definition) is 4. The molecule has 0 unspecified atom stereocenters. The van der Waals surface area contributed by atoms with E-state index in [1.165, 1.54) is 21.1 Å². The summed E-state index contributed by atoms with van der Waals surface area (Å²) in [5, 5.41) is 11.9. The van der Waals surface area contributed by atoms with Crippen LogP contribution in [0.3, 0.4) is 0 Å². The minimum absolute atomic E-state index is 0.128. The largest absolute Gasteiger partial charge is 0.343 e. The zero-order valence-electron chi connectivity index (χ0n) is 44.9. The van der Waals surface area contributed by atoms with Crippen molar-refractivity contribution in [3.63, 3.8) is 0 Å². The highest BCUT2D eigenvalue weighted by molar-refractivity contribution is 7.88. The number of imidazole rings is 2. The molecule has 10 rings (SSSR count). The molecule has 4 aliphatic rings. The summed E-state index contributed by atoms with van der Waals surface area (Å²) < 4.78 is 60.6. The summed E-state index contributed by atoms with van der Waals surface area (Å²) in [4.78, 5) is 71.4. The number of benzene rings is 2. The van der Waals surface area contributed by atoms with Gasteiger partial charge in [-0.25, -0.2) is 26.8 Å². The Bertz CT molecular complexity index is 3210. The number of fused-ring (bicyclic) bond motifs is 4. The molecular formula is C56H70N12O8S2. The first-order valence-corrected chi connectivity index (χ1v) is 30.6. The molecule has 4 aliphatic heterocycles. The highest BCUT2D eigenvalue weighted by Gasteiger charge is 2.56. The quantitative estimate of drug-likeness (QED) is 0.0856. The van der Waals surface area contributed by atoms with Crippen molar-refractivity contribution in [2.24, 2.45) is 0 Å². The molecule has 4 fully saturated rings. The number of unbranched alkanes of at least 4 members (excludes halogenated alkanes) is 1. The van der Waals surface area contributed by atoms with Crippen LogP contribution in [0.15, 0.2) is 110 Å². The lowest BCUT2D eigenvalue weighted by atomic mass is 9.95. The fourth-order valence-corrected chi connectivity index (χ4v) is 14.8. The summed E-state index contributed by atoms with van der Waals surface area (Å²) in [6.45, 7) is 4.17. The number of sulfonamides is 2. The predicted octanol–water partition coefficient (Wildman–Crippen LogP) is 3.42. The maximum Gasteiger partial charge on any atom is 0.245 e. The average Bonchev–Trinajstić information content (AvgIpc) is 4.50. The number of hydrogen-bond acceptors (Lipinski definition) is 12. The number of pyridine rings is 2. The van der Waals surface area contributed by atoms with Crippen LogP contribution in [-0.4, -0.2) is 179 Å². The molecule has 4 saturated heterocycles. The monoisotopic (exact) mass is 1100 g/mol. The molecule has 78 heavy (non-hydrogen) atoms. The number of likely N-dealkylation sites (tertiary alicyclic amines) is 2. The van der Waals surface area contributed by atoms with Crippen molar-refractivity contribution >= 4 is 55.0 Å². The van der Waals surface area contributed by atoms with Crippen molar-refractivity contribution in [3.8, 4) is 22.3 Å². The van der Waals surface area contributed by atoms with Crippen LogP contribution in [0.5, 0.6) is 0 Å². The number of nitrogens with one attached hydrogen (secondary N) is 4. The summed E-state index contributed by atoms with van der Waals surface area (Å²) >= 11 is 0. The van der Waals surface area contributed by atoms with E-state index in [-0.39, 0.29) is 62.6 Å². The van der Waals surface area contributed by atoms with Crippen molar-refractivity contribution in [1.29, 1.82) is 0 Å². The molecular weight excluding hydrogens is 1030 g/mol. The van der Waals surface area contributed by atoms with Gasteiger partial charge in [0.25, 0.3) is 0 Å². The van der Waals surface area contributed by atoms with Gasteiger partial charge in [0.1, 0.15) is 23.4 Å². The first kappa shape index (κ1) is 54.8. The second-order valence-electron chi connectivity index (χ2n) is 21.4. The number of nitrogens with zero attached hydrogens (tertiary/aromatic N) is 8. The van der Waals surface area contributed by atoms with E-state index in [0.717, 1.165) is 22.3 Å². The first-order valence-electron chi connectivity index (χ1n) is 26.9. The summed E-state index contributed by atoms with van der Waals surface area (Å²) in [7, 11) is -4.09. The van der Waals surface area contributed by atoms with Crippen molar-refractivity contribution in [3.05, 3.63) is 121 Å². The second kappa shape index (κ2) is 22.3. The Morgan fingerprint density at radius 1 is 0.577 bits per heavy atom. The van der Waals surface area contributed by atoms with Crippen molar-refractivity contribution in [2.45, 2.75) is 113 Å². The Kier molecular flexibility index (Phi) is 15.7. The van der Waals surface area contributed by atoms with E-state index < -0.39 is 80.2 Å². The van der Waals surface area contributed by atoms with Crippen LogP contribution in [0.1, 0.15) is 75.6 Å². The third-order valence-electron chi connectivity index (χ3n) is 16.6. The first-order chi connectivity index (χ1) is 37.4. The van der Waals surface area contributed by atoms with E-state index in [1.807, 2.05) is 119 Å². The van der Waals surface area contributed by atoms with Gasteiger partial charge in [0.05, 0.1) is 48.1 Å². The molecule has 4 N–H and O–H groups in total. The van der Waals surface area contributed by atoms with Gasteiger partial charge in [-0.15, -0.1) is 0 Å². The van der Waals surface area contributed by atoms with Crippen LogP contribution >= 0.6 is 0 Å². The molecule has 0 spiro atoms. The SMILES string of the molecule is CN[C@@H](C)C(=O)N[C@@H](CCCC[C@H](NC(=O)[C@H](C)NC)C(=O)N1CC[C@@H]2[C@H]1[C@@H](c1cn3cccc(-c4ccccc4)c3n1)CN2S(C)(=O)=O)C(=O)N1CC[C@@H]2[C@H]1[C@@H](c1cn3cccc(-c4ccccc4)c3n1)CN2S(C)(=O)=O. The number of aromatic nitrogens is 4. The van der Waals surface area contributed by atoms with Gasteiger partial charge >= 0.3 is 0 Å². The molecule has 2 aromatic carbocycles. The van der Waals surface area contributed by atoms with E-state index >= 15 is 9.59 Å². The van der Waals surface area contributed by atoms with E-state index in [1.54, 1.807) is 37.7 Å². The summed E-state index contributed by atoms with van der Waals surface area (Å²) in [6.07, 6.45) is 11.9. The number of amides is 4. The lowest BCUT2D eigenvalue weighted by Gasteiger charge is -2.32. The van der Waals surface area contributed by atoms with Gasteiger partial charge < -0.3 is 39.9 Å². The summed E-state index contributed by atoms with van der Waals surface area (Å²) in [5.41, 5.74) is 6.49. The molecule has 20 nitrogen and oxygen atoms in total. The predicted molar refractivity (Wildman–Crippen MR) is 297 cm³/mol. The second-order valence-corrected chi connectivity index (χ2v) is 25.3. The summed E-state index contributed by atoms with van der Waals surface area (Å²) in [6, 6.07) is 22.2. The lowest BCUT2D eigenvalue weighted by Crippen LogP contribution is -2.55. The zero-order valence-corrected chi connectivity index (χ0v) is 46.5. The third kappa shape index (κ3) is 10.7. The van der Waals surface area contributed by atoms with Crippen LogP contribution in [-0.2, 0) is 39.2 Å². The molecule has 0 saturated carbocycles. The van der Waals surface area contributed by atoms with Gasteiger partial charge in [-0.1, -0.05) is 73.5 Å². The third-order valence-corrected chi connectivity index (χ3v) is 19.2. The maximum absolute atomic E-state index is 15.2. The molecule has 4 aromatic heterocycles. The van der Waals surface area contributed by atoms with E-state index in [0.29, 0.717) is 48.4 Å². The normalized spacial score (nSPS) is 23.3. The van der Waals surface area contributed by atoms with Crippen LogP contribution in [0.25, 0.3) is 33.5 Å². The van der Waals surface area contributed by atoms with Crippen molar-refractivity contribution in [1.82, 2.24) is 58.4 Å². The topological polar surface area (TPSA) is 232 Å². The molecule has 22 heteroatoms. The number of rotatable bonds is 19. The van der Waals surface area contributed by atoms with Gasteiger partial charge in [0.15, 0.2) is 0 Å². The van der Waals surface area contributed by atoms with E-state index in [9.17, 15) is 26.4 Å². The Hall–Kier alpha value is -6.56. The molecule has 0 radical (unpaired) electrons. The molecule has 0 bridgehead atoms. The molecule has 4 amide bonds. The van der Waals surface area contributed by atoms with Crippen LogP contribution in [0, 0.1) is 0 Å². The molecule has 414 valence electrons. The Labute approximate surface area is 456 Å². The van der Waals surface area contributed by atoms with Crippen LogP contribution in [0.2, 0.25) is 0 Å². The minimum atomic E-state index is -3.70. The molecule has 0 aliphatic carbocycles. The Balaban J connectivity index is 0.903. The van der Waals surface area contributed by atoms with Gasteiger partial charge in [-0.3, -0.25) is 19.2 Å². The van der Waals surface area contributed by atoms with Gasteiger partial charge in [0, 0.05) is 86.0 Å². The number of carbonyl (C=O) groups is 4. The van der Waals surface area contributed by atoms with Gasteiger partial charge in [0.2, 0.25) is 43.7 Å². The van der Waals surface area contributed by atoms with Gasteiger partial charge in [-0.05, 0) is 89.0 Å². The smallest absolute Gasteiger partial charge is 0.245 e. The molecule has 8 heterocycles. The van der Waals surface area contributed by atoms with Crippen molar-refractivity contribution in [2.75, 3.05) is 52.8 Å². The average molecular weight is 1100 g/mol. The van der Waals surface area contributed by atoms with Crippen LogP contribution in [0.4, 0.5) is 0 Å². The highest BCUT2D eigenvalue weighted by Crippen LogP contribution is 2.45. The zero-order chi connectivity index (χ0) is 55.2. The molecule has 6 aromatic rings. The Morgan fingerprint density at radius 2 is 0.962 bits per heavy atom. The lowest BCUT2D eigenvalue weighted by molar-refractivity contribution is -0.138. The number of likely N-dealkylation sites (N-methyl/N-ethyl adjacent to an activating group) is 2. The van der Waals surface area contributed by atoms with E-state index in [4.69, 9.17) is 9.97 Å². The fourth-order valence-electron chi connectivity index (χ4n) is 12.5. The van der Waals surface area contributed by atoms with Gasteiger partial charge in [-0.2, -0.15) is 8.61 Å². The molecule has 10 atom stereocenters. The Morgan fingerprint density at radius 3 is 1.32 bits per heavy atom. The maximum atomic E-state index is 15.2. The van der Waals surface area contributed by atoms with Crippen molar-refractivity contribution < 1.29 is 36.0 Å². The minimum Gasteiger partial charge on any atom is -0.343 e. The fraction of sp³-hybridized carbons (Fsp3) is 0.464. The number of carbonyl (C=O) groups excluding carboxylic acids is 4.